The van der Waals surface area contributed by atoms with Crippen molar-refractivity contribution in [3.63, 3.8) is 0 Å². The summed E-state index contributed by atoms with van der Waals surface area (Å²) < 4.78 is 5.81. The molecule has 0 spiro atoms. The first kappa shape index (κ1) is 25.4. The predicted molar refractivity (Wildman–Crippen MR) is 105 cm³/mol. The van der Waals surface area contributed by atoms with Gasteiger partial charge in [0.05, 0.1) is 19.3 Å². The fourth-order valence-corrected chi connectivity index (χ4v) is 3.12. The number of aliphatic hydroxyl groups is 2. The summed E-state index contributed by atoms with van der Waals surface area (Å²) in [7, 11) is 0. The summed E-state index contributed by atoms with van der Waals surface area (Å²) in [6.07, 6.45) is 15.6. The molecule has 156 valence electrons. The average molecular weight is 375 g/mol. The van der Waals surface area contributed by atoms with E-state index in [1.807, 2.05) is 0 Å². The maximum atomic E-state index is 10.4. The van der Waals surface area contributed by atoms with Gasteiger partial charge in [-0.3, -0.25) is 4.79 Å². The monoisotopic (exact) mass is 374 g/mol. The van der Waals surface area contributed by atoms with Crippen molar-refractivity contribution in [3.8, 4) is 0 Å². The first-order valence-electron chi connectivity index (χ1n) is 10.7. The van der Waals surface area contributed by atoms with Crippen molar-refractivity contribution in [2.75, 3.05) is 13.2 Å². The number of unbranched alkanes of at least 4 members (excludes halogenated alkanes) is 10. The number of hydrogen-bond acceptors (Lipinski definition) is 4. The third kappa shape index (κ3) is 18.2. The minimum Gasteiger partial charge on any atom is -0.481 e. The van der Waals surface area contributed by atoms with Gasteiger partial charge in [0.25, 0.3) is 0 Å². The fourth-order valence-electron chi connectivity index (χ4n) is 3.12. The lowest BCUT2D eigenvalue weighted by Crippen LogP contribution is -2.24. The number of hydrogen-bond donors (Lipinski definition) is 3. The molecule has 5 heteroatoms. The molecule has 0 aromatic heterocycles. The first-order valence-corrected chi connectivity index (χ1v) is 10.7. The quantitative estimate of drug-likeness (QED) is 0.269. The molecule has 0 fully saturated rings. The van der Waals surface area contributed by atoms with E-state index in [-0.39, 0.29) is 19.3 Å². The number of carbonyl (C=O) groups is 1. The van der Waals surface area contributed by atoms with E-state index in [0.29, 0.717) is 6.42 Å². The standard InChI is InChI=1S/C21H42O5/c1-2-3-4-11-14-20(26-18-19(23)17-22)15-12-9-7-5-6-8-10-13-16-21(24)25/h19-20,22-23H,2-18H2,1H3,(H,24,25). The van der Waals surface area contributed by atoms with Crippen LogP contribution in [-0.2, 0) is 9.53 Å². The molecule has 2 unspecified atom stereocenters. The van der Waals surface area contributed by atoms with Crippen LogP contribution in [-0.4, -0.2) is 46.7 Å². The zero-order chi connectivity index (χ0) is 19.5. The molecule has 0 aliphatic heterocycles. The summed E-state index contributed by atoms with van der Waals surface area (Å²) in [4.78, 5) is 10.4. The Labute approximate surface area is 160 Å². The fraction of sp³-hybridized carbons (Fsp3) is 0.952. The normalized spacial score (nSPS) is 13.7. The molecule has 0 aliphatic rings. The van der Waals surface area contributed by atoms with Gasteiger partial charge in [0, 0.05) is 6.42 Å². The molecule has 0 rings (SSSR count). The largest absolute Gasteiger partial charge is 0.481 e. The Bertz CT molecular complexity index is 309. The van der Waals surface area contributed by atoms with Crippen molar-refractivity contribution >= 4 is 5.97 Å². The van der Waals surface area contributed by atoms with Crippen LogP contribution in [0.15, 0.2) is 0 Å². The summed E-state index contributed by atoms with van der Waals surface area (Å²) >= 11 is 0. The van der Waals surface area contributed by atoms with Crippen LogP contribution in [0.3, 0.4) is 0 Å². The number of aliphatic carboxylic acids is 1. The smallest absolute Gasteiger partial charge is 0.303 e. The molecule has 0 saturated heterocycles. The van der Waals surface area contributed by atoms with E-state index in [2.05, 4.69) is 6.92 Å². The van der Waals surface area contributed by atoms with Crippen molar-refractivity contribution in [2.45, 2.75) is 115 Å². The van der Waals surface area contributed by atoms with Crippen LogP contribution in [0.4, 0.5) is 0 Å². The Morgan fingerprint density at radius 3 is 1.85 bits per heavy atom. The van der Waals surface area contributed by atoms with Gasteiger partial charge in [0.1, 0.15) is 6.10 Å². The molecular weight excluding hydrogens is 332 g/mol. The van der Waals surface area contributed by atoms with Crippen molar-refractivity contribution in [1.29, 1.82) is 0 Å². The molecule has 0 bridgehead atoms. The van der Waals surface area contributed by atoms with E-state index in [1.165, 1.54) is 51.4 Å². The van der Waals surface area contributed by atoms with Crippen LogP contribution in [0.25, 0.3) is 0 Å². The predicted octanol–water partition coefficient (Wildman–Crippen LogP) is 4.68. The zero-order valence-electron chi connectivity index (χ0n) is 16.8. The van der Waals surface area contributed by atoms with Gasteiger partial charge in [-0.05, 0) is 19.3 Å². The van der Waals surface area contributed by atoms with Gasteiger partial charge < -0.3 is 20.1 Å². The Kier molecular flexibility index (Phi) is 18.6. The number of aliphatic hydroxyl groups excluding tert-OH is 2. The van der Waals surface area contributed by atoms with Crippen LogP contribution in [0.1, 0.15) is 103 Å². The Balaban J connectivity index is 3.68. The van der Waals surface area contributed by atoms with E-state index in [0.717, 1.165) is 38.5 Å². The SMILES string of the molecule is CCCCCCC(CCCCCCCCCCC(=O)O)OCC(O)CO. The van der Waals surface area contributed by atoms with Gasteiger partial charge >= 0.3 is 5.97 Å². The van der Waals surface area contributed by atoms with E-state index >= 15 is 0 Å². The second kappa shape index (κ2) is 19.1. The molecule has 0 aromatic rings. The van der Waals surface area contributed by atoms with Crippen molar-refractivity contribution in [3.05, 3.63) is 0 Å². The Morgan fingerprint density at radius 2 is 1.35 bits per heavy atom. The van der Waals surface area contributed by atoms with Gasteiger partial charge in [0.2, 0.25) is 0 Å². The van der Waals surface area contributed by atoms with E-state index in [1.54, 1.807) is 0 Å². The highest BCUT2D eigenvalue weighted by Crippen LogP contribution is 2.17. The molecule has 0 saturated carbocycles. The minimum atomic E-state index is -0.769. The number of ether oxygens (including phenoxy) is 1. The highest BCUT2D eigenvalue weighted by molar-refractivity contribution is 5.66. The molecule has 0 aliphatic carbocycles. The van der Waals surface area contributed by atoms with Crippen LogP contribution in [0, 0.1) is 0 Å². The lowest BCUT2D eigenvalue weighted by molar-refractivity contribution is -0.137. The van der Waals surface area contributed by atoms with Gasteiger partial charge in [-0.2, -0.15) is 0 Å². The second-order valence-corrected chi connectivity index (χ2v) is 7.40. The number of rotatable bonds is 20. The summed E-state index contributed by atoms with van der Waals surface area (Å²) in [6.45, 7) is 2.19. The Morgan fingerprint density at radius 1 is 0.846 bits per heavy atom. The molecule has 0 radical (unpaired) electrons. The lowest BCUT2D eigenvalue weighted by Gasteiger charge is -2.19. The molecule has 0 heterocycles. The van der Waals surface area contributed by atoms with Crippen LogP contribution in [0.2, 0.25) is 0 Å². The summed E-state index contributed by atoms with van der Waals surface area (Å²) in [5, 5.41) is 27.0. The van der Waals surface area contributed by atoms with Gasteiger partial charge in [-0.1, -0.05) is 77.6 Å². The van der Waals surface area contributed by atoms with Gasteiger partial charge in [-0.25, -0.2) is 0 Å². The van der Waals surface area contributed by atoms with E-state index in [4.69, 9.17) is 14.9 Å². The van der Waals surface area contributed by atoms with Crippen molar-refractivity contribution in [2.24, 2.45) is 0 Å². The van der Waals surface area contributed by atoms with Crippen molar-refractivity contribution in [1.82, 2.24) is 0 Å². The van der Waals surface area contributed by atoms with Gasteiger partial charge in [-0.15, -0.1) is 0 Å². The average Bonchev–Trinajstić information content (AvgIpc) is 2.63. The number of carboxylic acid groups (broad SMARTS) is 1. The van der Waals surface area contributed by atoms with E-state index in [9.17, 15) is 9.90 Å². The molecule has 0 aromatic carbocycles. The maximum Gasteiger partial charge on any atom is 0.303 e. The molecule has 5 nitrogen and oxygen atoms in total. The molecule has 0 amide bonds. The van der Waals surface area contributed by atoms with E-state index < -0.39 is 12.1 Å². The maximum absolute atomic E-state index is 10.4. The molecular formula is C21H42O5. The molecule has 26 heavy (non-hydrogen) atoms. The second-order valence-electron chi connectivity index (χ2n) is 7.40. The van der Waals surface area contributed by atoms with Crippen LogP contribution in [0.5, 0.6) is 0 Å². The highest BCUT2D eigenvalue weighted by atomic mass is 16.5. The molecule has 3 N–H and O–H groups in total. The first-order chi connectivity index (χ1) is 12.6. The third-order valence-electron chi connectivity index (χ3n) is 4.78. The zero-order valence-corrected chi connectivity index (χ0v) is 16.8. The van der Waals surface area contributed by atoms with Crippen LogP contribution >= 0.6 is 0 Å². The summed E-state index contributed by atoms with van der Waals surface area (Å²) in [5.74, 6) is -0.692. The Hall–Kier alpha value is -0.650. The minimum absolute atomic E-state index is 0.198. The lowest BCUT2D eigenvalue weighted by atomic mass is 10.0. The summed E-state index contributed by atoms with van der Waals surface area (Å²) in [5.41, 5.74) is 0. The highest BCUT2D eigenvalue weighted by Gasteiger charge is 2.11. The number of carboxylic acids is 1. The third-order valence-corrected chi connectivity index (χ3v) is 4.78. The van der Waals surface area contributed by atoms with Crippen LogP contribution < -0.4 is 0 Å². The van der Waals surface area contributed by atoms with Gasteiger partial charge in [0.15, 0.2) is 0 Å². The molecule has 2 atom stereocenters. The topological polar surface area (TPSA) is 87.0 Å². The summed E-state index contributed by atoms with van der Waals surface area (Å²) in [6, 6.07) is 0. The van der Waals surface area contributed by atoms with Crippen molar-refractivity contribution < 1.29 is 24.9 Å².